The fourth-order valence-electron chi connectivity index (χ4n) is 4.83. The van der Waals surface area contributed by atoms with Crippen molar-refractivity contribution in [3.63, 3.8) is 0 Å². The zero-order chi connectivity index (χ0) is 20.5. The van der Waals surface area contributed by atoms with Crippen LogP contribution in [0.4, 0.5) is 0 Å². The third-order valence-corrected chi connectivity index (χ3v) is 6.59. The lowest BCUT2D eigenvalue weighted by Crippen LogP contribution is -2.56. The second-order valence-electron chi connectivity index (χ2n) is 9.11. The van der Waals surface area contributed by atoms with Crippen molar-refractivity contribution in [3.8, 4) is 0 Å². The predicted molar refractivity (Wildman–Crippen MR) is 110 cm³/mol. The zero-order valence-electron chi connectivity index (χ0n) is 17.8. The summed E-state index contributed by atoms with van der Waals surface area (Å²) in [6.07, 6.45) is 14.0. The van der Waals surface area contributed by atoms with Crippen LogP contribution in [0.3, 0.4) is 0 Å². The standard InChI is InChI=1S/C23H40O4/c1-18(2)14-10-8-6-5-7-9-11-15-22(20(24)25)16-12-13-17-23(22,19(3)4)21(26)27/h12-13,18-19H,5-11,14-17H2,1-4H3,(H,24,25)(H,26,27). The molecule has 1 rings (SSSR count). The number of carboxylic acid groups (broad SMARTS) is 2. The van der Waals surface area contributed by atoms with E-state index in [-0.39, 0.29) is 5.92 Å². The summed E-state index contributed by atoms with van der Waals surface area (Å²) in [6.45, 7) is 8.21. The number of hydrogen-bond acceptors (Lipinski definition) is 2. The Morgan fingerprint density at radius 1 is 0.815 bits per heavy atom. The van der Waals surface area contributed by atoms with Crippen LogP contribution in [0.5, 0.6) is 0 Å². The van der Waals surface area contributed by atoms with Crippen molar-refractivity contribution in [3.05, 3.63) is 12.2 Å². The molecule has 27 heavy (non-hydrogen) atoms. The maximum absolute atomic E-state index is 12.3. The van der Waals surface area contributed by atoms with Crippen LogP contribution in [0, 0.1) is 22.7 Å². The Labute approximate surface area is 165 Å². The lowest BCUT2D eigenvalue weighted by Gasteiger charge is -2.49. The Balaban J connectivity index is 2.61. The molecule has 2 atom stereocenters. The van der Waals surface area contributed by atoms with Gasteiger partial charge in [-0.15, -0.1) is 0 Å². The topological polar surface area (TPSA) is 74.6 Å². The molecule has 0 bridgehead atoms. The van der Waals surface area contributed by atoms with E-state index in [0.29, 0.717) is 19.3 Å². The summed E-state index contributed by atoms with van der Waals surface area (Å²) in [6, 6.07) is 0. The minimum atomic E-state index is -1.22. The number of unbranched alkanes of at least 4 members (excludes halogenated alkanes) is 6. The van der Waals surface area contributed by atoms with E-state index in [0.717, 1.165) is 25.2 Å². The molecule has 4 heteroatoms. The van der Waals surface area contributed by atoms with Crippen molar-refractivity contribution < 1.29 is 19.8 Å². The summed E-state index contributed by atoms with van der Waals surface area (Å²) in [5.41, 5.74) is -2.41. The number of allylic oxidation sites excluding steroid dienone is 2. The highest BCUT2D eigenvalue weighted by Gasteiger charge is 2.62. The molecular weight excluding hydrogens is 340 g/mol. The molecule has 0 amide bonds. The molecule has 0 saturated heterocycles. The van der Waals surface area contributed by atoms with Crippen LogP contribution in [0.1, 0.15) is 98.3 Å². The Kier molecular flexibility index (Phi) is 9.55. The highest BCUT2D eigenvalue weighted by molar-refractivity contribution is 5.87. The van der Waals surface area contributed by atoms with Crippen molar-refractivity contribution in [2.75, 3.05) is 0 Å². The second kappa shape index (κ2) is 10.9. The van der Waals surface area contributed by atoms with Gasteiger partial charge in [0.1, 0.15) is 0 Å². The monoisotopic (exact) mass is 380 g/mol. The maximum Gasteiger partial charge on any atom is 0.311 e. The molecule has 0 aliphatic heterocycles. The molecule has 2 N–H and O–H groups in total. The maximum atomic E-state index is 12.3. The minimum Gasteiger partial charge on any atom is -0.481 e. The average molecular weight is 381 g/mol. The van der Waals surface area contributed by atoms with Crippen LogP contribution in [-0.4, -0.2) is 22.2 Å². The Hall–Kier alpha value is -1.32. The first kappa shape index (κ1) is 23.7. The van der Waals surface area contributed by atoms with Crippen LogP contribution in [-0.2, 0) is 9.59 Å². The van der Waals surface area contributed by atoms with Gasteiger partial charge in [0.05, 0.1) is 10.8 Å². The Morgan fingerprint density at radius 2 is 1.33 bits per heavy atom. The van der Waals surface area contributed by atoms with Gasteiger partial charge in [-0.25, -0.2) is 0 Å². The first-order valence-corrected chi connectivity index (χ1v) is 10.8. The van der Waals surface area contributed by atoms with Crippen molar-refractivity contribution >= 4 is 11.9 Å². The van der Waals surface area contributed by atoms with E-state index in [1.807, 2.05) is 26.0 Å². The number of carboxylic acids is 2. The van der Waals surface area contributed by atoms with Gasteiger partial charge < -0.3 is 10.2 Å². The van der Waals surface area contributed by atoms with Gasteiger partial charge in [0, 0.05) is 0 Å². The van der Waals surface area contributed by atoms with Gasteiger partial charge in [0.15, 0.2) is 0 Å². The van der Waals surface area contributed by atoms with Gasteiger partial charge in [0.25, 0.3) is 0 Å². The van der Waals surface area contributed by atoms with Gasteiger partial charge in [0.2, 0.25) is 0 Å². The summed E-state index contributed by atoms with van der Waals surface area (Å²) in [4.78, 5) is 24.5. The fraction of sp³-hybridized carbons (Fsp3) is 0.826. The highest BCUT2D eigenvalue weighted by atomic mass is 16.4. The molecule has 0 spiro atoms. The number of hydrogen-bond donors (Lipinski definition) is 2. The van der Waals surface area contributed by atoms with Crippen molar-refractivity contribution in [2.45, 2.75) is 98.3 Å². The van der Waals surface area contributed by atoms with Crippen molar-refractivity contribution in [1.82, 2.24) is 0 Å². The lowest BCUT2D eigenvalue weighted by atomic mass is 9.51. The number of aliphatic carboxylic acids is 2. The van der Waals surface area contributed by atoms with Crippen LogP contribution in [0.25, 0.3) is 0 Å². The SMILES string of the molecule is CC(C)CCCCCCCCCC1(C(=O)O)CC=CCC1(C(=O)O)C(C)C. The molecule has 0 saturated carbocycles. The molecule has 0 aromatic rings. The van der Waals surface area contributed by atoms with E-state index < -0.39 is 22.8 Å². The normalized spacial score (nSPS) is 25.3. The fourth-order valence-corrected chi connectivity index (χ4v) is 4.83. The van der Waals surface area contributed by atoms with Gasteiger partial charge in [-0.1, -0.05) is 91.2 Å². The molecule has 0 aromatic carbocycles. The first-order valence-electron chi connectivity index (χ1n) is 10.8. The minimum absolute atomic E-state index is 0.225. The third kappa shape index (κ3) is 5.58. The summed E-state index contributed by atoms with van der Waals surface area (Å²) in [5, 5.41) is 20.1. The second-order valence-corrected chi connectivity index (χ2v) is 9.11. The summed E-state index contributed by atoms with van der Waals surface area (Å²) >= 11 is 0. The van der Waals surface area contributed by atoms with Crippen molar-refractivity contribution in [2.24, 2.45) is 22.7 Å². The van der Waals surface area contributed by atoms with Crippen LogP contribution in [0.15, 0.2) is 12.2 Å². The van der Waals surface area contributed by atoms with E-state index in [1.54, 1.807) is 0 Å². The summed E-state index contributed by atoms with van der Waals surface area (Å²) < 4.78 is 0. The molecule has 0 aromatic heterocycles. The Morgan fingerprint density at radius 3 is 1.81 bits per heavy atom. The third-order valence-electron chi connectivity index (χ3n) is 6.59. The molecule has 0 heterocycles. The van der Waals surface area contributed by atoms with E-state index in [9.17, 15) is 19.8 Å². The van der Waals surface area contributed by atoms with Crippen LogP contribution >= 0.6 is 0 Å². The van der Waals surface area contributed by atoms with Crippen molar-refractivity contribution in [1.29, 1.82) is 0 Å². The predicted octanol–water partition coefficient (Wildman–Crippen LogP) is 6.30. The molecule has 156 valence electrons. The molecule has 1 aliphatic rings. The van der Waals surface area contributed by atoms with E-state index in [4.69, 9.17) is 0 Å². The average Bonchev–Trinajstić information content (AvgIpc) is 2.59. The highest BCUT2D eigenvalue weighted by Crippen LogP contribution is 2.56. The van der Waals surface area contributed by atoms with Crippen LogP contribution < -0.4 is 0 Å². The van der Waals surface area contributed by atoms with E-state index in [1.165, 1.54) is 32.1 Å². The van der Waals surface area contributed by atoms with Gasteiger partial charge in [-0.05, 0) is 31.1 Å². The van der Waals surface area contributed by atoms with Gasteiger partial charge in [-0.2, -0.15) is 0 Å². The van der Waals surface area contributed by atoms with E-state index >= 15 is 0 Å². The molecule has 2 unspecified atom stereocenters. The molecular formula is C23H40O4. The molecule has 0 radical (unpaired) electrons. The molecule has 1 aliphatic carbocycles. The van der Waals surface area contributed by atoms with Crippen LogP contribution in [0.2, 0.25) is 0 Å². The van der Waals surface area contributed by atoms with E-state index in [2.05, 4.69) is 13.8 Å². The summed E-state index contributed by atoms with van der Waals surface area (Å²) in [5.74, 6) is -1.36. The largest absolute Gasteiger partial charge is 0.481 e. The first-order chi connectivity index (χ1) is 12.7. The van der Waals surface area contributed by atoms with Gasteiger partial charge in [-0.3, -0.25) is 9.59 Å². The lowest BCUT2D eigenvalue weighted by molar-refractivity contribution is -0.181. The Bertz CT molecular complexity index is 509. The quantitative estimate of drug-likeness (QED) is 0.290. The molecule has 4 nitrogen and oxygen atoms in total. The molecule has 0 fully saturated rings. The zero-order valence-corrected chi connectivity index (χ0v) is 17.8. The number of carbonyl (C=O) groups is 2. The summed E-state index contributed by atoms with van der Waals surface area (Å²) in [7, 11) is 0. The smallest absolute Gasteiger partial charge is 0.311 e. The van der Waals surface area contributed by atoms with Gasteiger partial charge >= 0.3 is 11.9 Å². The number of rotatable bonds is 13.